The van der Waals surface area contributed by atoms with Crippen molar-refractivity contribution in [2.45, 2.75) is 19.4 Å². The van der Waals surface area contributed by atoms with Crippen molar-refractivity contribution in [3.05, 3.63) is 89.1 Å². The highest BCUT2D eigenvalue weighted by Crippen LogP contribution is 2.41. The van der Waals surface area contributed by atoms with Gasteiger partial charge in [0.2, 0.25) is 0 Å². The number of ether oxygens (including phenoxy) is 4. The molecule has 3 aromatic carbocycles. The number of hydrogen-bond donors (Lipinski definition) is 2. The summed E-state index contributed by atoms with van der Waals surface area (Å²) < 4.78 is 21.7. The predicted octanol–water partition coefficient (Wildman–Crippen LogP) is 5.26. The second kappa shape index (κ2) is 11.7. The van der Waals surface area contributed by atoms with Gasteiger partial charge in [0.15, 0.2) is 11.5 Å². The van der Waals surface area contributed by atoms with Gasteiger partial charge in [0.1, 0.15) is 17.3 Å². The highest BCUT2D eigenvalue weighted by Gasteiger charge is 2.46. The Balaban J connectivity index is 1.56. The van der Waals surface area contributed by atoms with Gasteiger partial charge in [-0.2, -0.15) is 0 Å². The molecule has 1 aliphatic rings. The second-order valence-electron chi connectivity index (χ2n) is 9.54. The van der Waals surface area contributed by atoms with Crippen LogP contribution in [0.15, 0.2) is 72.4 Å². The molecular formula is C32H32N2O7. The lowest BCUT2D eigenvalue weighted by Gasteiger charge is -2.25. The van der Waals surface area contributed by atoms with Gasteiger partial charge in [0.25, 0.3) is 11.7 Å². The fraction of sp³-hybridized carbons (Fsp3) is 0.250. The van der Waals surface area contributed by atoms with E-state index in [1.165, 1.54) is 19.1 Å². The number of Topliss-reactive ketones (excluding diaryl/α,β-unsaturated/α-hetero) is 1. The van der Waals surface area contributed by atoms with E-state index in [-0.39, 0.29) is 17.9 Å². The first-order chi connectivity index (χ1) is 19.9. The molecule has 0 spiro atoms. The number of aromatic amines is 1. The molecule has 1 aromatic heterocycles. The number of rotatable bonds is 10. The van der Waals surface area contributed by atoms with Gasteiger partial charge in [-0.3, -0.25) is 9.59 Å². The zero-order valence-corrected chi connectivity index (χ0v) is 23.4. The van der Waals surface area contributed by atoms with Crippen molar-refractivity contribution >= 4 is 28.4 Å². The summed E-state index contributed by atoms with van der Waals surface area (Å²) in [5.74, 6) is 0.535. The Bertz CT molecular complexity index is 1620. The van der Waals surface area contributed by atoms with Crippen LogP contribution in [0.25, 0.3) is 16.7 Å². The molecular weight excluding hydrogens is 524 g/mol. The van der Waals surface area contributed by atoms with E-state index in [2.05, 4.69) is 4.98 Å². The number of amides is 1. The number of aliphatic hydroxyl groups excluding tert-OH is 1. The van der Waals surface area contributed by atoms with E-state index in [0.717, 1.165) is 22.2 Å². The van der Waals surface area contributed by atoms with Gasteiger partial charge in [-0.1, -0.05) is 12.1 Å². The third kappa shape index (κ3) is 5.18. The normalized spacial score (nSPS) is 16.3. The highest BCUT2D eigenvalue weighted by atomic mass is 16.5. The largest absolute Gasteiger partial charge is 0.507 e. The number of aliphatic hydroxyl groups is 1. The fourth-order valence-electron chi connectivity index (χ4n) is 5.24. The Morgan fingerprint density at radius 1 is 0.902 bits per heavy atom. The van der Waals surface area contributed by atoms with Crippen LogP contribution in [0.4, 0.5) is 0 Å². The number of methoxy groups -OCH3 is 3. The van der Waals surface area contributed by atoms with Crippen molar-refractivity contribution in [2.75, 3.05) is 34.5 Å². The summed E-state index contributed by atoms with van der Waals surface area (Å²) in [6, 6.07) is 17.0. The molecule has 9 heteroatoms. The number of nitrogens with one attached hydrogen (secondary N) is 1. The van der Waals surface area contributed by atoms with Crippen LogP contribution in [0.3, 0.4) is 0 Å². The van der Waals surface area contributed by atoms with Gasteiger partial charge in [-0.25, -0.2) is 0 Å². The summed E-state index contributed by atoms with van der Waals surface area (Å²) in [7, 11) is 4.61. The SMILES string of the molecule is CCOc1ccc([C@@H]2C(=C(O)c3ccc(OC)c(OC)c3)C(=O)C(=O)N2CCc2c[nH]c3ccc(OC)cc23)cc1. The number of ketones is 1. The first kappa shape index (κ1) is 27.6. The van der Waals surface area contributed by atoms with Crippen molar-refractivity contribution in [1.82, 2.24) is 9.88 Å². The molecule has 9 nitrogen and oxygen atoms in total. The monoisotopic (exact) mass is 556 g/mol. The van der Waals surface area contributed by atoms with Crippen molar-refractivity contribution in [2.24, 2.45) is 0 Å². The standard InChI is InChI=1S/C32H32N2O7/c1-5-41-22-9-6-19(7-10-22)29-28(30(35)20-8-13-26(39-3)27(16-20)40-4)31(36)32(37)34(29)15-14-21-18-33-25-12-11-23(38-2)17-24(21)25/h6-13,16-18,29,33,35H,5,14-15H2,1-4H3/t29-/m1/s1. The van der Waals surface area contributed by atoms with E-state index in [9.17, 15) is 14.7 Å². The smallest absolute Gasteiger partial charge is 0.295 e. The molecule has 1 aliphatic heterocycles. The molecule has 5 rings (SSSR count). The molecule has 1 atom stereocenters. The van der Waals surface area contributed by atoms with E-state index in [4.69, 9.17) is 18.9 Å². The molecule has 0 saturated carbocycles. The van der Waals surface area contributed by atoms with Gasteiger partial charge in [0, 0.05) is 29.2 Å². The predicted molar refractivity (Wildman–Crippen MR) is 155 cm³/mol. The Hall–Kier alpha value is -4.92. The molecule has 2 heterocycles. The minimum atomic E-state index is -0.807. The number of hydrogen-bond acceptors (Lipinski definition) is 7. The number of nitrogens with zero attached hydrogens (tertiary/aromatic N) is 1. The maximum atomic E-state index is 13.5. The summed E-state index contributed by atoms with van der Waals surface area (Å²) >= 11 is 0. The van der Waals surface area contributed by atoms with Gasteiger partial charge in [-0.05, 0) is 73.0 Å². The summed E-state index contributed by atoms with van der Waals surface area (Å²) in [6.45, 7) is 2.65. The molecule has 0 bridgehead atoms. The minimum absolute atomic E-state index is 0.00646. The van der Waals surface area contributed by atoms with Gasteiger partial charge in [0.05, 0.1) is 39.6 Å². The maximum Gasteiger partial charge on any atom is 0.295 e. The number of H-pyrrole nitrogens is 1. The number of aromatic nitrogens is 1. The fourth-order valence-corrected chi connectivity index (χ4v) is 5.24. The molecule has 0 unspecified atom stereocenters. The minimum Gasteiger partial charge on any atom is -0.507 e. The van der Waals surface area contributed by atoms with Crippen LogP contribution in [-0.2, 0) is 16.0 Å². The molecule has 0 radical (unpaired) electrons. The Labute approximate surface area is 237 Å². The summed E-state index contributed by atoms with van der Waals surface area (Å²) in [6.07, 6.45) is 2.38. The summed E-state index contributed by atoms with van der Waals surface area (Å²) in [5, 5.41) is 12.4. The van der Waals surface area contributed by atoms with Crippen LogP contribution in [0.1, 0.15) is 29.7 Å². The van der Waals surface area contributed by atoms with E-state index >= 15 is 0 Å². The van der Waals surface area contributed by atoms with Crippen molar-refractivity contribution < 1.29 is 33.6 Å². The lowest BCUT2D eigenvalue weighted by atomic mass is 9.95. The zero-order valence-electron chi connectivity index (χ0n) is 23.4. The number of benzene rings is 3. The van der Waals surface area contributed by atoms with Crippen LogP contribution in [0.2, 0.25) is 0 Å². The Morgan fingerprint density at radius 3 is 2.32 bits per heavy atom. The molecule has 41 heavy (non-hydrogen) atoms. The first-order valence-electron chi connectivity index (χ1n) is 13.3. The lowest BCUT2D eigenvalue weighted by Crippen LogP contribution is -2.31. The number of likely N-dealkylation sites (tertiary alicyclic amines) is 1. The lowest BCUT2D eigenvalue weighted by molar-refractivity contribution is -0.139. The molecule has 1 fully saturated rings. The van der Waals surface area contributed by atoms with Crippen LogP contribution < -0.4 is 18.9 Å². The number of fused-ring (bicyclic) bond motifs is 1. The van der Waals surface area contributed by atoms with Gasteiger partial charge < -0.3 is 33.9 Å². The molecule has 1 amide bonds. The average molecular weight is 557 g/mol. The van der Waals surface area contributed by atoms with Crippen molar-refractivity contribution in [1.29, 1.82) is 0 Å². The van der Waals surface area contributed by atoms with E-state index in [0.29, 0.717) is 41.4 Å². The molecule has 0 aliphatic carbocycles. The van der Waals surface area contributed by atoms with Crippen molar-refractivity contribution in [3.8, 4) is 23.0 Å². The van der Waals surface area contributed by atoms with Crippen LogP contribution >= 0.6 is 0 Å². The summed E-state index contributed by atoms with van der Waals surface area (Å²) in [5.41, 5.74) is 2.94. The number of carbonyl (C=O) groups excluding carboxylic acids is 2. The molecule has 2 N–H and O–H groups in total. The Morgan fingerprint density at radius 2 is 1.63 bits per heavy atom. The third-order valence-electron chi connectivity index (χ3n) is 7.30. The topological polar surface area (TPSA) is 110 Å². The van der Waals surface area contributed by atoms with E-state index in [1.807, 2.05) is 43.5 Å². The number of carbonyl (C=O) groups is 2. The maximum absolute atomic E-state index is 13.5. The van der Waals surface area contributed by atoms with Crippen LogP contribution in [-0.4, -0.2) is 61.2 Å². The summed E-state index contributed by atoms with van der Waals surface area (Å²) in [4.78, 5) is 31.8. The zero-order chi connectivity index (χ0) is 29.1. The third-order valence-corrected chi connectivity index (χ3v) is 7.30. The average Bonchev–Trinajstić information content (AvgIpc) is 3.52. The van der Waals surface area contributed by atoms with Crippen molar-refractivity contribution in [3.63, 3.8) is 0 Å². The second-order valence-corrected chi connectivity index (χ2v) is 9.54. The first-order valence-corrected chi connectivity index (χ1v) is 13.3. The molecule has 4 aromatic rings. The molecule has 212 valence electrons. The van der Waals surface area contributed by atoms with E-state index in [1.54, 1.807) is 37.4 Å². The molecule has 1 saturated heterocycles. The highest BCUT2D eigenvalue weighted by molar-refractivity contribution is 6.46. The van der Waals surface area contributed by atoms with Crippen LogP contribution in [0, 0.1) is 0 Å². The van der Waals surface area contributed by atoms with Gasteiger partial charge in [-0.15, -0.1) is 0 Å². The van der Waals surface area contributed by atoms with E-state index < -0.39 is 17.7 Å². The van der Waals surface area contributed by atoms with Gasteiger partial charge >= 0.3 is 0 Å². The Kier molecular flexibility index (Phi) is 7.87. The van der Waals surface area contributed by atoms with Crippen LogP contribution in [0.5, 0.6) is 23.0 Å². The quantitative estimate of drug-likeness (QED) is 0.156.